The third-order valence-electron chi connectivity index (χ3n) is 7.17. The lowest BCUT2D eigenvalue weighted by atomic mass is 9.97. The molecular weight excluding hydrogens is 571 g/mol. The maximum atomic E-state index is 13.2. The Morgan fingerprint density at radius 3 is 2.46 bits per heavy atom. The number of alkyl halides is 3. The van der Waals surface area contributed by atoms with Crippen molar-refractivity contribution in [3.63, 3.8) is 0 Å². The molecule has 212 valence electrons. The van der Waals surface area contributed by atoms with Gasteiger partial charge in [0.2, 0.25) is 5.91 Å². The molecule has 1 aromatic heterocycles. The fourth-order valence-electron chi connectivity index (χ4n) is 4.91. The SMILES string of the molecule is O=C(Nc1ccccc1-c1cccc(C(F)(F)F)c1)c1csc(C2CCN(C(=O)CCc3ccc(Cl)cc3)CC2)n1. The number of nitrogens with one attached hydrogen (secondary N) is 1. The Bertz CT molecular complexity index is 1530. The molecule has 1 N–H and O–H groups in total. The first-order valence-corrected chi connectivity index (χ1v) is 14.5. The van der Waals surface area contributed by atoms with E-state index in [-0.39, 0.29) is 17.5 Å². The number of likely N-dealkylation sites (tertiary alicyclic amines) is 1. The molecule has 41 heavy (non-hydrogen) atoms. The fourth-order valence-corrected chi connectivity index (χ4v) is 6.01. The van der Waals surface area contributed by atoms with E-state index < -0.39 is 17.6 Å². The van der Waals surface area contributed by atoms with Gasteiger partial charge in [-0.2, -0.15) is 13.2 Å². The lowest BCUT2D eigenvalue weighted by Crippen LogP contribution is -2.38. The summed E-state index contributed by atoms with van der Waals surface area (Å²) in [6.45, 7) is 1.27. The van der Waals surface area contributed by atoms with Crippen LogP contribution in [0.5, 0.6) is 0 Å². The number of benzene rings is 3. The van der Waals surface area contributed by atoms with Gasteiger partial charge in [-0.1, -0.05) is 54.1 Å². The predicted molar refractivity (Wildman–Crippen MR) is 155 cm³/mol. The van der Waals surface area contributed by atoms with Crippen LogP contribution in [0.4, 0.5) is 18.9 Å². The number of carbonyl (C=O) groups excluding carboxylic acids is 2. The first kappa shape index (κ1) is 28.8. The topological polar surface area (TPSA) is 62.3 Å². The summed E-state index contributed by atoms with van der Waals surface area (Å²) in [7, 11) is 0. The number of para-hydroxylation sites is 1. The molecule has 0 radical (unpaired) electrons. The summed E-state index contributed by atoms with van der Waals surface area (Å²) in [6.07, 6.45) is -1.83. The summed E-state index contributed by atoms with van der Waals surface area (Å²) < 4.78 is 39.7. The highest BCUT2D eigenvalue weighted by Gasteiger charge is 2.31. The molecule has 1 aliphatic rings. The van der Waals surface area contributed by atoms with Gasteiger partial charge in [-0.3, -0.25) is 9.59 Å². The Labute approximate surface area is 245 Å². The molecule has 1 saturated heterocycles. The first-order valence-electron chi connectivity index (χ1n) is 13.2. The van der Waals surface area contributed by atoms with Crippen molar-refractivity contribution >= 4 is 40.4 Å². The molecule has 1 aliphatic heterocycles. The standard InChI is InChI=1S/C31H27ClF3N3O2S/c32-24-11-8-20(9-12-24)10-13-28(39)38-16-14-21(15-17-38)30-37-27(19-41-30)29(40)36-26-7-2-1-6-25(26)22-4-3-5-23(18-22)31(33,34)35/h1-9,11-12,18-19,21H,10,13-17H2,(H,36,40). The van der Waals surface area contributed by atoms with E-state index in [0.717, 1.165) is 35.5 Å². The molecule has 10 heteroatoms. The molecule has 2 heterocycles. The second-order valence-corrected chi connectivity index (χ2v) is 11.3. The highest BCUT2D eigenvalue weighted by atomic mass is 35.5. The van der Waals surface area contributed by atoms with Crippen molar-refractivity contribution in [1.82, 2.24) is 9.88 Å². The van der Waals surface area contributed by atoms with E-state index in [1.165, 1.54) is 17.4 Å². The number of thiazole rings is 1. The van der Waals surface area contributed by atoms with Crippen LogP contribution in [0.25, 0.3) is 11.1 Å². The Kier molecular flexibility index (Phi) is 8.75. The van der Waals surface area contributed by atoms with E-state index in [9.17, 15) is 22.8 Å². The number of aryl methyl sites for hydroxylation is 1. The summed E-state index contributed by atoms with van der Waals surface area (Å²) in [4.78, 5) is 32.2. The van der Waals surface area contributed by atoms with Gasteiger partial charge in [0.1, 0.15) is 5.69 Å². The minimum absolute atomic E-state index is 0.122. The lowest BCUT2D eigenvalue weighted by molar-refractivity contribution is -0.137. The van der Waals surface area contributed by atoms with Crippen molar-refractivity contribution < 1.29 is 22.8 Å². The van der Waals surface area contributed by atoms with Gasteiger partial charge in [0, 0.05) is 47.1 Å². The zero-order valence-electron chi connectivity index (χ0n) is 22.0. The molecule has 0 spiro atoms. The van der Waals surface area contributed by atoms with Crippen molar-refractivity contribution in [1.29, 1.82) is 0 Å². The van der Waals surface area contributed by atoms with Gasteiger partial charge in [-0.05, 0) is 60.7 Å². The molecule has 1 fully saturated rings. The Hall–Kier alpha value is -3.69. The second-order valence-electron chi connectivity index (χ2n) is 9.93. The van der Waals surface area contributed by atoms with Gasteiger partial charge in [-0.15, -0.1) is 11.3 Å². The third kappa shape index (κ3) is 7.15. The fraction of sp³-hybridized carbons (Fsp3) is 0.258. The number of hydrogen-bond acceptors (Lipinski definition) is 4. The van der Waals surface area contributed by atoms with Gasteiger partial charge in [0.15, 0.2) is 0 Å². The van der Waals surface area contributed by atoms with Gasteiger partial charge < -0.3 is 10.2 Å². The number of anilines is 1. The zero-order chi connectivity index (χ0) is 29.0. The molecule has 0 atom stereocenters. The van der Waals surface area contributed by atoms with Crippen LogP contribution in [-0.4, -0.2) is 34.8 Å². The average molecular weight is 598 g/mol. The number of aromatic nitrogens is 1. The van der Waals surface area contributed by atoms with Gasteiger partial charge in [0.05, 0.1) is 10.6 Å². The number of amides is 2. The number of halogens is 4. The summed E-state index contributed by atoms with van der Waals surface area (Å²) in [6, 6.07) is 19.3. The van der Waals surface area contributed by atoms with Crippen molar-refractivity contribution in [3.8, 4) is 11.1 Å². The molecule has 5 rings (SSSR count). The van der Waals surface area contributed by atoms with E-state index >= 15 is 0 Å². The van der Waals surface area contributed by atoms with Crippen LogP contribution in [0.2, 0.25) is 5.02 Å². The van der Waals surface area contributed by atoms with E-state index in [1.807, 2.05) is 29.2 Å². The van der Waals surface area contributed by atoms with E-state index in [2.05, 4.69) is 10.3 Å². The average Bonchev–Trinajstić information content (AvgIpc) is 3.47. The highest BCUT2D eigenvalue weighted by molar-refractivity contribution is 7.10. The van der Waals surface area contributed by atoms with E-state index in [0.29, 0.717) is 47.8 Å². The summed E-state index contributed by atoms with van der Waals surface area (Å²) in [5, 5.41) is 6.03. The Morgan fingerprint density at radius 2 is 1.73 bits per heavy atom. The Morgan fingerprint density at radius 1 is 1.00 bits per heavy atom. The van der Waals surface area contributed by atoms with Crippen molar-refractivity contribution in [2.24, 2.45) is 0 Å². The smallest absolute Gasteiger partial charge is 0.343 e. The van der Waals surface area contributed by atoms with E-state index in [4.69, 9.17) is 11.6 Å². The number of carbonyl (C=O) groups is 2. The third-order valence-corrected chi connectivity index (χ3v) is 8.43. The van der Waals surface area contributed by atoms with Gasteiger partial charge >= 0.3 is 6.18 Å². The number of nitrogens with zero attached hydrogens (tertiary/aromatic N) is 2. The van der Waals surface area contributed by atoms with Crippen molar-refractivity contribution in [3.05, 3.63) is 105 Å². The predicted octanol–water partition coefficient (Wildman–Crippen LogP) is 8.07. The highest BCUT2D eigenvalue weighted by Crippen LogP contribution is 2.35. The summed E-state index contributed by atoms with van der Waals surface area (Å²) in [5.41, 5.74) is 1.81. The molecule has 5 nitrogen and oxygen atoms in total. The Balaban J connectivity index is 1.18. The van der Waals surface area contributed by atoms with Crippen LogP contribution >= 0.6 is 22.9 Å². The van der Waals surface area contributed by atoms with Crippen LogP contribution in [0.1, 0.15) is 51.8 Å². The van der Waals surface area contributed by atoms with Gasteiger partial charge in [0.25, 0.3) is 5.91 Å². The minimum Gasteiger partial charge on any atom is -0.343 e. The maximum absolute atomic E-state index is 13.2. The van der Waals surface area contributed by atoms with Crippen LogP contribution in [0, 0.1) is 0 Å². The maximum Gasteiger partial charge on any atom is 0.416 e. The number of hydrogen-bond donors (Lipinski definition) is 1. The number of piperidine rings is 1. The first-order chi connectivity index (χ1) is 19.7. The largest absolute Gasteiger partial charge is 0.416 e. The van der Waals surface area contributed by atoms with Crippen LogP contribution in [0.3, 0.4) is 0 Å². The minimum atomic E-state index is -4.47. The van der Waals surface area contributed by atoms with Crippen molar-refractivity contribution in [2.75, 3.05) is 18.4 Å². The lowest BCUT2D eigenvalue weighted by Gasteiger charge is -2.31. The second kappa shape index (κ2) is 12.4. The normalized spacial score (nSPS) is 14.2. The molecule has 0 saturated carbocycles. The quantitative estimate of drug-likeness (QED) is 0.234. The molecule has 3 aromatic carbocycles. The number of rotatable bonds is 7. The van der Waals surface area contributed by atoms with Crippen LogP contribution in [0.15, 0.2) is 78.2 Å². The summed E-state index contributed by atoms with van der Waals surface area (Å²) >= 11 is 7.34. The van der Waals surface area contributed by atoms with Crippen LogP contribution in [-0.2, 0) is 17.4 Å². The molecule has 0 bridgehead atoms. The van der Waals surface area contributed by atoms with Crippen molar-refractivity contribution in [2.45, 2.75) is 37.8 Å². The van der Waals surface area contributed by atoms with E-state index in [1.54, 1.807) is 35.7 Å². The molecular formula is C31H27ClF3N3O2S. The molecule has 0 aliphatic carbocycles. The van der Waals surface area contributed by atoms with Gasteiger partial charge in [-0.25, -0.2) is 4.98 Å². The molecule has 4 aromatic rings. The molecule has 0 unspecified atom stereocenters. The molecule has 2 amide bonds. The van der Waals surface area contributed by atoms with Crippen LogP contribution < -0.4 is 5.32 Å². The zero-order valence-corrected chi connectivity index (χ0v) is 23.5. The summed E-state index contributed by atoms with van der Waals surface area (Å²) in [5.74, 6) is -0.155. The monoisotopic (exact) mass is 597 g/mol.